The molecule has 2 heterocycles. The molecule has 0 spiro atoms. The standard InChI is InChI=1S/C17H31N3S/c1-6-15-14(5)21-16(19-15)17(18-7-2)9-8-11-20(12-10-17)13(3)4/h13,18H,6-12H2,1-5H3. The predicted octanol–water partition coefficient (Wildman–Crippen LogP) is 3.71. The maximum absolute atomic E-state index is 4.99. The van der Waals surface area contributed by atoms with Gasteiger partial charge in [-0.25, -0.2) is 4.98 Å². The van der Waals surface area contributed by atoms with Crippen LogP contribution in [-0.4, -0.2) is 35.6 Å². The molecule has 1 aromatic heterocycles. The summed E-state index contributed by atoms with van der Waals surface area (Å²) < 4.78 is 0. The van der Waals surface area contributed by atoms with Crippen LogP contribution < -0.4 is 5.32 Å². The van der Waals surface area contributed by atoms with Crippen molar-refractivity contribution in [1.29, 1.82) is 0 Å². The number of hydrogen-bond donors (Lipinski definition) is 1. The van der Waals surface area contributed by atoms with Crippen LogP contribution >= 0.6 is 11.3 Å². The van der Waals surface area contributed by atoms with Crippen LogP contribution in [0.2, 0.25) is 0 Å². The molecule has 1 aromatic rings. The largest absolute Gasteiger partial charge is 0.306 e. The van der Waals surface area contributed by atoms with Crippen LogP contribution in [0.25, 0.3) is 0 Å². The highest BCUT2D eigenvalue weighted by molar-refractivity contribution is 7.11. The van der Waals surface area contributed by atoms with E-state index in [1.165, 1.54) is 47.9 Å². The average molecular weight is 310 g/mol. The summed E-state index contributed by atoms with van der Waals surface area (Å²) in [4.78, 5) is 9.00. The maximum Gasteiger partial charge on any atom is 0.113 e. The molecular formula is C17H31N3S. The van der Waals surface area contributed by atoms with Gasteiger partial charge in [0, 0.05) is 17.5 Å². The van der Waals surface area contributed by atoms with Gasteiger partial charge in [0.15, 0.2) is 0 Å². The first-order valence-corrected chi connectivity index (χ1v) is 9.30. The minimum atomic E-state index is 0.0984. The first-order chi connectivity index (χ1) is 10.0. The zero-order chi connectivity index (χ0) is 15.5. The maximum atomic E-state index is 4.99. The third-order valence-electron chi connectivity index (χ3n) is 4.76. The van der Waals surface area contributed by atoms with Gasteiger partial charge in [-0.1, -0.05) is 13.8 Å². The van der Waals surface area contributed by atoms with Crippen LogP contribution in [-0.2, 0) is 12.0 Å². The summed E-state index contributed by atoms with van der Waals surface area (Å²) in [5.41, 5.74) is 1.39. The lowest BCUT2D eigenvalue weighted by molar-refractivity contribution is 0.218. The van der Waals surface area contributed by atoms with Crippen molar-refractivity contribution in [2.45, 2.75) is 71.9 Å². The molecule has 2 rings (SSSR count). The van der Waals surface area contributed by atoms with Crippen molar-refractivity contribution in [3.05, 3.63) is 15.6 Å². The second kappa shape index (κ2) is 7.21. The number of hydrogen-bond acceptors (Lipinski definition) is 4. The fraction of sp³-hybridized carbons (Fsp3) is 0.824. The highest BCUT2D eigenvalue weighted by Crippen LogP contribution is 2.37. The van der Waals surface area contributed by atoms with Gasteiger partial charge in [0.2, 0.25) is 0 Å². The van der Waals surface area contributed by atoms with Gasteiger partial charge in [-0.3, -0.25) is 0 Å². The summed E-state index contributed by atoms with van der Waals surface area (Å²) in [7, 11) is 0. The van der Waals surface area contributed by atoms with Crippen molar-refractivity contribution in [2.75, 3.05) is 19.6 Å². The van der Waals surface area contributed by atoms with Crippen molar-refractivity contribution in [3.63, 3.8) is 0 Å². The fourth-order valence-electron chi connectivity index (χ4n) is 3.44. The van der Waals surface area contributed by atoms with Gasteiger partial charge in [0.05, 0.1) is 11.2 Å². The van der Waals surface area contributed by atoms with Gasteiger partial charge in [-0.15, -0.1) is 11.3 Å². The molecule has 0 aromatic carbocycles. The quantitative estimate of drug-likeness (QED) is 0.898. The number of nitrogens with zero attached hydrogens (tertiary/aromatic N) is 2. The van der Waals surface area contributed by atoms with E-state index in [0.29, 0.717) is 6.04 Å². The van der Waals surface area contributed by atoms with Crippen LogP contribution in [0.1, 0.15) is 62.5 Å². The number of nitrogens with one attached hydrogen (secondary N) is 1. The van der Waals surface area contributed by atoms with Crippen molar-refractivity contribution in [3.8, 4) is 0 Å². The molecule has 0 aliphatic carbocycles. The first kappa shape index (κ1) is 16.9. The van der Waals surface area contributed by atoms with E-state index >= 15 is 0 Å². The summed E-state index contributed by atoms with van der Waals surface area (Å²) in [6, 6.07) is 0.645. The Kier molecular flexibility index (Phi) is 5.81. The van der Waals surface area contributed by atoms with E-state index in [9.17, 15) is 0 Å². The summed E-state index contributed by atoms with van der Waals surface area (Å²) in [5.74, 6) is 0. The molecule has 1 unspecified atom stereocenters. The monoisotopic (exact) mass is 309 g/mol. The van der Waals surface area contributed by atoms with E-state index < -0.39 is 0 Å². The van der Waals surface area contributed by atoms with Crippen molar-refractivity contribution < 1.29 is 0 Å². The van der Waals surface area contributed by atoms with E-state index in [-0.39, 0.29) is 5.54 Å². The van der Waals surface area contributed by atoms with E-state index in [4.69, 9.17) is 4.98 Å². The molecule has 120 valence electrons. The third-order valence-corrected chi connectivity index (χ3v) is 5.97. The Balaban J connectivity index is 2.27. The highest BCUT2D eigenvalue weighted by Gasteiger charge is 2.37. The molecule has 1 atom stereocenters. The van der Waals surface area contributed by atoms with Crippen LogP contribution in [0.4, 0.5) is 0 Å². The average Bonchev–Trinajstić information content (AvgIpc) is 2.69. The highest BCUT2D eigenvalue weighted by atomic mass is 32.1. The summed E-state index contributed by atoms with van der Waals surface area (Å²) >= 11 is 1.91. The third kappa shape index (κ3) is 3.66. The van der Waals surface area contributed by atoms with E-state index in [0.717, 1.165) is 13.0 Å². The number of rotatable bonds is 5. The number of thiazole rings is 1. The molecule has 3 nitrogen and oxygen atoms in total. The topological polar surface area (TPSA) is 28.2 Å². The lowest BCUT2D eigenvalue weighted by Gasteiger charge is -2.32. The smallest absolute Gasteiger partial charge is 0.113 e. The Bertz CT molecular complexity index is 455. The molecule has 1 aliphatic heterocycles. The lowest BCUT2D eigenvalue weighted by atomic mass is 9.91. The van der Waals surface area contributed by atoms with Gasteiger partial charge in [-0.05, 0) is 59.5 Å². The van der Waals surface area contributed by atoms with Crippen molar-refractivity contribution in [2.24, 2.45) is 0 Å². The van der Waals surface area contributed by atoms with Crippen molar-refractivity contribution >= 4 is 11.3 Å². The SMILES string of the molecule is CCNC1(c2nc(CC)c(C)s2)CCCN(C(C)C)CC1. The molecule has 0 saturated carbocycles. The Labute approximate surface area is 134 Å². The first-order valence-electron chi connectivity index (χ1n) is 8.48. The molecule has 1 aliphatic rings. The fourth-order valence-corrected chi connectivity index (χ4v) is 4.66. The van der Waals surface area contributed by atoms with Crippen LogP contribution in [0.15, 0.2) is 0 Å². The van der Waals surface area contributed by atoms with Gasteiger partial charge >= 0.3 is 0 Å². The molecule has 1 fully saturated rings. The Morgan fingerprint density at radius 1 is 1.29 bits per heavy atom. The summed E-state index contributed by atoms with van der Waals surface area (Å²) in [5, 5.41) is 5.12. The van der Waals surface area contributed by atoms with Crippen molar-refractivity contribution in [1.82, 2.24) is 15.2 Å². The van der Waals surface area contributed by atoms with E-state index in [2.05, 4.69) is 44.8 Å². The Morgan fingerprint density at radius 2 is 2.05 bits per heavy atom. The van der Waals surface area contributed by atoms with Crippen LogP contribution in [0.5, 0.6) is 0 Å². The van der Waals surface area contributed by atoms with Gasteiger partial charge in [-0.2, -0.15) is 0 Å². The summed E-state index contributed by atoms with van der Waals surface area (Å²) in [6.45, 7) is 14.7. The van der Waals surface area contributed by atoms with E-state index in [1.54, 1.807) is 0 Å². The molecule has 0 radical (unpaired) electrons. The summed E-state index contributed by atoms with van der Waals surface area (Å²) in [6.07, 6.45) is 4.68. The molecule has 21 heavy (non-hydrogen) atoms. The number of aryl methyl sites for hydroxylation is 2. The number of aromatic nitrogens is 1. The predicted molar refractivity (Wildman–Crippen MR) is 92.1 cm³/mol. The number of likely N-dealkylation sites (tertiary alicyclic amines) is 1. The second-order valence-corrected chi connectivity index (χ2v) is 7.67. The Morgan fingerprint density at radius 3 is 2.62 bits per heavy atom. The molecule has 1 N–H and O–H groups in total. The van der Waals surface area contributed by atoms with E-state index in [1.807, 2.05) is 11.3 Å². The van der Waals surface area contributed by atoms with Gasteiger partial charge in [0.1, 0.15) is 5.01 Å². The molecule has 1 saturated heterocycles. The molecule has 4 heteroatoms. The van der Waals surface area contributed by atoms with Crippen LogP contribution in [0.3, 0.4) is 0 Å². The second-order valence-electron chi connectivity index (χ2n) is 6.47. The Hall–Kier alpha value is -0.450. The molecule has 0 amide bonds. The lowest BCUT2D eigenvalue weighted by Crippen LogP contribution is -2.43. The van der Waals surface area contributed by atoms with Gasteiger partial charge < -0.3 is 10.2 Å². The minimum Gasteiger partial charge on any atom is -0.306 e. The zero-order valence-corrected chi connectivity index (χ0v) is 15.1. The normalized spacial score (nSPS) is 24.5. The zero-order valence-electron chi connectivity index (χ0n) is 14.3. The molecule has 0 bridgehead atoms. The minimum absolute atomic E-state index is 0.0984. The van der Waals surface area contributed by atoms with Crippen LogP contribution in [0, 0.1) is 6.92 Å². The van der Waals surface area contributed by atoms with Gasteiger partial charge in [0.25, 0.3) is 0 Å². The molecular weight excluding hydrogens is 278 g/mol.